The molecule has 1 atom stereocenters. The standard InChI is InChI=1S/C11H21N3/c1-7(6-11(3,4)5)9-8(2)10(12)14-13-9/h7H,6H2,1-5H3,(H3,12,13,14). The van der Waals surface area contributed by atoms with Crippen molar-refractivity contribution in [2.45, 2.75) is 47.0 Å². The summed E-state index contributed by atoms with van der Waals surface area (Å²) in [5.41, 5.74) is 8.32. The van der Waals surface area contributed by atoms with Crippen molar-refractivity contribution in [3.05, 3.63) is 11.3 Å². The van der Waals surface area contributed by atoms with E-state index in [9.17, 15) is 0 Å². The molecule has 3 heteroatoms. The maximum Gasteiger partial charge on any atom is 0.148 e. The van der Waals surface area contributed by atoms with Crippen molar-refractivity contribution in [1.29, 1.82) is 0 Å². The van der Waals surface area contributed by atoms with Crippen LogP contribution in [0.15, 0.2) is 0 Å². The molecular formula is C11H21N3. The van der Waals surface area contributed by atoms with Crippen molar-refractivity contribution in [1.82, 2.24) is 10.2 Å². The molecule has 1 rings (SSSR count). The Labute approximate surface area is 86.1 Å². The van der Waals surface area contributed by atoms with E-state index < -0.39 is 0 Å². The summed E-state index contributed by atoms with van der Waals surface area (Å²) in [6.07, 6.45) is 1.13. The van der Waals surface area contributed by atoms with Crippen molar-refractivity contribution in [3.63, 3.8) is 0 Å². The number of rotatable bonds is 2. The van der Waals surface area contributed by atoms with Crippen molar-refractivity contribution >= 4 is 5.82 Å². The second-order valence-corrected chi connectivity index (χ2v) is 5.31. The fourth-order valence-electron chi connectivity index (χ4n) is 1.93. The number of hydrogen-bond acceptors (Lipinski definition) is 2. The lowest BCUT2D eigenvalue weighted by atomic mass is 9.83. The number of anilines is 1. The second kappa shape index (κ2) is 3.64. The van der Waals surface area contributed by atoms with Gasteiger partial charge in [-0.25, -0.2) is 0 Å². The molecule has 0 aliphatic carbocycles. The molecule has 14 heavy (non-hydrogen) atoms. The summed E-state index contributed by atoms with van der Waals surface area (Å²) in [6.45, 7) is 11.0. The van der Waals surface area contributed by atoms with Crippen molar-refractivity contribution in [2.24, 2.45) is 5.41 Å². The average molecular weight is 195 g/mol. The number of aromatic amines is 1. The number of nitrogen functional groups attached to an aromatic ring is 1. The molecule has 0 saturated heterocycles. The summed E-state index contributed by atoms with van der Waals surface area (Å²) in [4.78, 5) is 0. The first-order valence-electron chi connectivity index (χ1n) is 5.11. The van der Waals surface area contributed by atoms with Crippen LogP contribution in [0.1, 0.15) is 51.3 Å². The fraction of sp³-hybridized carbons (Fsp3) is 0.727. The first-order chi connectivity index (χ1) is 6.31. The highest BCUT2D eigenvalue weighted by Gasteiger charge is 2.20. The number of H-pyrrole nitrogens is 1. The Morgan fingerprint density at radius 1 is 1.43 bits per heavy atom. The second-order valence-electron chi connectivity index (χ2n) is 5.31. The molecule has 1 heterocycles. The van der Waals surface area contributed by atoms with Gasteiger partial charge >= 0.3 is 0 Å². The lowest BCUT2D eigenvalue weighted by Gasteiger charge is -2.22. The Morgan fingerprint density at radius 3 is 2.36 bits per heavy atom. The van der Waals surface area contributed by atoms with Gasteiger partial charge < -0.3 is 5.73 Å². The van der Waals surface area contributed by atoms with Crippen LogP contribution in [-0.4, -0.2) is 10.2 Å². The minimum absolute atomic E-state index is 0.339. The molecular weight excluding hydrogens is 174 g/mol. The van der Waals surface area contributed by atoms with E-state index in [2.05, 4.69) is 37.9 Å². The number of nitrogens with two attached hydrogens (primary N) is 1. The van der Waals surface area contributed by atoms with E-state index in [1.54, 1.807) is 0 Å². The normalized spacial score (nSPS) is 14.4. The molecule has 0 radical (unpaired) electrons. The van der Waals surface area contributed by atoms with Crippen LogP contribution in [0.4, 0.5) is 5.82 Å². The Balaban J connectivity index is 2.80. The summed E-state index contributed by atoms with van der Waals surface area (Å²) in [5, 5.41) is 7.04. The number of nitrogens with one attached hydrogen (secondary N) is 1. The van der Waals surface area contributed by atoms with Crippen molar-refractivity contribution < 1.29 is 0 Å². The van der Waals surface area contributed by atoms with Gasteiger partial charge in [0.1, 0.15) is 5.82 Å². The minimum Gasteiger partial charge on any atom is -0.382 e. The van der Waals surface area contributed by atoms with E-state index in [1.165, 1.54) is 5.69 Å². The molecule has 1 aromatic rings. The van der Waals surface area contributed by atoms with E-state index in [0.717, 1.165) is 12.0 Å². The molecule has 0 spiro atoms. The van der Waals surface area contributed by atoms with E-state index in [-0.39, 0.29) is 0 Å². The first kappa shape index (κ1) is 11.1. The van der Waals surface area contributed by atoms with Gasteiger partial charge in [-0.05, 0) is 24.7 Å². The third-order valence-corrected chi connectivity index (χ3v) is 2.50. The molecule has 80 valence electrons. The summed E-state index contributed by atoms with van der Waals surface area (Å²) in [7, 11) is 0. The van der Waals surface area contributed by atoms with E-state index >= 15 is 0 Å². The molecule has 0 aromatic carbocycles. The molecule has 1 unspecified atom stereocenters. The zero-order valence-corrected chi connectivity index (χ0v) is 9.81. The maximum atomic E-state index is 5.70. The molecule has 0 fully saturated rings. The van der Waals surface area contributed by atoms with Gasteiger partial charge in [-0.15, -0.1) is 0 Å². The largest absolute Gasteiger partial charge is 0.382 e. The van der Waals surface area contributed by atoms with Gasteiger partial charge in [0.2, 0.25) is 0 Å². The quantitative estimate of drug-likeness (QED) is 0.762. The maximum absolute atomic E-state index is 5.70. The highest BCUT2D eigenvalue weighted by Crippen LogP contribution is 2.32. The summed E-state index contributed by atoms with van der Waals surface area (Å²) >= 11 is 0. The van der Waals surface area contributed by atoms with Gasteiger partial charge in [-0.2, -0.15) is 5.10 Å². The zero-order valence-electron chi connectivity index (χ0n) is 9.81. The van der Waals surface area contributed by atoms with Crippen LogP contribution in [-0.2, 0) is 0 Å². The molecule has 0 amide bonds. The molecule has 0 saturated carbocycles. The Hall–Kier alpha value is -0.990. The van der Waals surface area contributed by atoms with Gasteiger partial charge in [-0.3, -0.25) is 5.10 Å². The predicted molar refractivity (Wildman–Crippen MR) is 60.2 cm³/mol. The van der Waals surface area contributed by atoms with Gasteiger partial charge in [0.25, 0.3) is 0 Å². The van der Waals surface area contributed by atoms with Crippen LogP contribution in [0, 0.1) is 12.3 Å². The molecule has 1 aromatic heterocycles. The van der Waals surface area contributed by atoms with E-state index in [1.807, 2.05) is 6.92 Å². The van der Waals surface area contributed by atoms with Crippen LogP contribution >= 0.6 is 0 Å². The monoisotopic (exact) mass is 195 g/mol. The molecule has 3 nitrogen and oxygen atoms in total. The van der Waals surface area contributed by atoms with E-state index in [4.69, 9.17) is 5.73 Å². The third-order valence-electron chi connectivity index (χ3n) is 2.50. The Kier molecular flexibility index (Phi) is 2.88. The molecule has 0 bridgehead atoms. The first-order valence-corrected chi connectivity index (χ1v) is 5.11. The van der Waals surface area contributed by atoms with Crippen LogP contribution in [0.5, 0.6) is 0 Å². The van der Waals surface area contributed by atoms with Crippen LogP contribution in [0.3, 0.4) is 0 Å². The lowest BCUT2D eigenvalue weighted by Crippen LogP contribution is -2.10. The predicted octanol–water partition coefficient (Wildman–Crippen LogP) is 2.84. The Morgan fingerprint density at radius 2 is 2.00 bits per heavy atom. The van der Waals surface area contributed by atoms with Crippen molar-refractivity contribution in [2.75, 3.05) is 5.73 Å². The summed E-state index contributed by atoms with van der Waals surface area (Å²) in [5.74, 6) is 1.11. The summed E-state index contributed by atoms with van der Waals surface area (Å²) in [6, 6.07) is 0. The highest BCUT2D eigenvalue weighted by molar-refractivity contribution is 5.41. The summed E-state index contributed by atoms with van der Waals surface area (Å²) < 4.78 is 0. The van der Waals surface area contributed by atoms with Crippen LogP contribution in [0.2, 0.25) is 0 Å². The topological polar surface area (TPSA) is 54.7 Å². The SMILES string of the molecule is Cc1c(N)n[nH]c1C(C)CC(C)(C)C. The highest BCUT2D eigenvalue weighted by atomic mass is 15.2. The average Bonchev–Trinajstić information content (AvgIpc) is 2.29. The number of hydrogen-bond donors (Lipinski definition) is 2. The molecule has 3 N–H and O–H groups in total. The van der Waals surface area contributed by atoms with Crippen LogP contribution < -0.4 is 5.73 Å². The van der Waals surface area contributed by atoms with Gasteiger partial charge in [0.05, 0.1) is 0 Å². The van der Waals surface area contributed by atoms with Crippen molar-refractivity contribution in [3.8, 4) is 0 Å². The van der Waals surface area contributed by atoms with E-state index in [0.29, 0.717) is 17.2 Å². The Bertz CT molecular complexity index is 307. The van der Waals surface area contributed by atoms with Gasteiger partial charge in [0.15, 0.2) is 0 Å². The minimum atomic E-state index is 0.339. The smallest absolute Gasteiger partial charge is 0.148 e. The number of nitrogens with zero attached hydrogens (tertiary/aromatic N) is 1. The fourth-order valence-corrected chi connectivity index (χ4v) is 1.93. The van der Waals surface area contributed by atoms with Gasteiger partial charge in [0, 0.05) is 11.3 Å². The lowest BCUT2D eigenvalue weighted by molar-refractivity contribution is 0.345. The third kappa shape index (κ3) is 2.50. The van der Waals surface area contributed by atoms with Gasteiger partial charge in [-0.1, -0.05) is 27.7 Å². The zero-order chi connectivity index (χ0) is 10.9. The molecule has 0 aliphatic rings. The van der Waals surface area contributed by atoms with Crippen LogP contribution in [0.25, 0.3) is 0 Å². The molecule has 0 aliphatic heterocycles. The number of aromatic nitrogens is 2.